The number of alkyl carbamates (subject to hydrolysis) is 1. The summed E-state index contributed by atoms with van der Waals surface area (Å²) in [7, 11) is 0. The summed E-state index contributed by atoms with van der Waals surface area (Å²) < 4.78 is 5.57. The number of ether oxygens (including phenoxy) is 1. The van der Waals surface area contributed by atoms with Crippen molar-refractivity contribution < 1.29 is 24.2 Å². The Kier molecular flexibility index (Phi) is 7.71. The summed E-state index contributed by atoms with van der Waals surface area (Å²) in [6.45, 7) is 0.432. The highest BCUT2D eigenvalue weighted by atomic mass is 16.5. The summed E-state index contributed by atoms with van der Waals surface area (Å²) in [5.74, 6) is 0.791. The monoisotopic (exact) mass is 474 g/mol. The zero-order chi connectivity index (χ0) is 24.8. The van der Waals surface area contributed by atoms with Gasteiger partial charge in [0.1, 0.15) is 18.7 Å². The number of benzene rings is 2. The van der Waals surface area contributed by atoms with E-state index in [2.05, 4.69) is 23.4 Å². The molecule has 182 valence electrons. The minimum Gasteiger partial charge on any atom is -0.480 e. The van der Waals surface area contributed by atoms with Crippen molar-refractivity contribution in [2.45, 2.75) is 56.5 Å². The Morgan fingerprint density at radius 3 is 2.29 bits per heavy atom. The number of amides is 2. The molecule has 0 saturated carbocycles. The summed E-state index contributed by atoms with van der Waals surface area (Å²) in [6, 6.07) is 14.1. The summed E-state index contributed by atoms with van der Waals surface area (Å²) in [5, 5.41) is 12.3. The van der Waals surface area contributed by atoms with Crippen LogP contribution in [-0.4, -0.2) is 53.2 Å². The summed E-state index contributed by atoms with van der Waals surface area (Å²) >= 11 is 0. The number of nitrogens with one attached hydrogen (secondary N) is 1. The summed E-state index contributed by atoms with van der Waals surface area (Å²) in [4.78, 5) is 39.2. The van der Waals surface area contributed by atoms with Gasteiger partial charge in [-0.15, -0.1) is 12.3 Å². The van der Waals surface area contributed by atoms with Crippen LogP contribution in [0.3, 0.4) is 0 Å². The standard InChI is InChI=1S/C28H30N2O5/c1-2-11-24(26(31)30-17-10-4-3-5-16-25(30)27(32)33)29-28(34)35-18-23-21-14-8-6-12-19(21)20-13-7-9-15-22(20)23/h1,6-9,12-15,23-25H,3-5,10-11,16-18H2,(H,29,34)(H,32,33). The fourth-order valence-corrected chi connectivity index (χ4v) is 5.11. The van der Waals surface area contributed by atoms with Crippen LogP contribution in [0.4, 0.5) is 4.79 Å². The summed E-state index contributed by atoms with van der Waals surface area (Å²) in [5.41, 5.74) is 4.41. The predicted molar refractivity (Wildman–Crippen MR) is 132 cm³/mol. The normalized spacial score (nSPS) is 18.3. The van der Waals surface area contributed by atoms with E-state index in [1.165, 1.54) is 4.90 Å². The maximum Gasteiger partial charge on any atom is 0.407 e. The Morgan fingerprint density at radius 1 is 1.03 bits per heavy atom. The number of aliphatic carboxylic acids is 1. The van der Waals surface area contributed by atoms with E-state index in [9.17, 15) is 19.5 Å². The molecular weight excluding hydrogens is 444 g/mol. The molecule has 0 aromatic heterocycles. The zero-order valence-corrected chi connectivity index (χ0v) is 19.6. The highest BCUT2D eigenvalue weighted by Gasteiger charge is 2.35. The number of carboxylic acid groups (broad SMARTS) is 1. The van der Waals surface area contributed by atoms with Crippen molar-refractivity contribution >= 4 is 18.0 Å². The second kappa shape index (κ2) is 11.1. The molecule has 1 aliphatic heterocycles. The molecule has 1 heterocycles. The van der Waals surface area contributed by atoms with E-state index >= 15 is 0 Å². The third kappa shape index (κ3) is 5.32. The van der Waals surface area contributed by atoms with Crippen molar-refractivity contribution in [3.05, 3.63) is 59.7 Å². The number of carbonyl (C=O) groups excluding carboxylic acids is 2. The van der Waals surface area contributed by atoms with Crippen LogP contribution in [0.1, 0.15) is 55.6 Å². The van der Waals surface area contributed by atoms with Crippen LogP contribution in [0, 0.1) is 12.3 Å². The van der Waals surface area contributed by atoms with Crippen molar-refractivity contribution in [2.75, 3.05) is 13.2 Å². The minimum atomic E-state index is -1.04. The predicted octanol–water partition coefficient (Wildman–Crippen LogP) is 4.16. The molecular formula is C28H30N2O5. The SMILES string of the molecule is C#CCC(NC(=O)OCC1c2ccccc2-c2ccccc21)C(=O)N1CCCCCCC1C(=O)O. The van der Waals surface area contributed by atoms with Crippen LogP contribution in [0.25, 0.3) is 11.1 Å². The van der Waals surface area contributed by atoms with Gasteiger partial charge in [-0.25, -0.2) is 9.59 Å². The molecule has 35 heavy (non-hydrogen) atoms. The topological polar surface area (TPSA) is 95.9 Å². The van der Waals surface area contributed by atoms with Gasteiger partial charge >= 0.3 is 12.1 Å². The lowest BCUT2D eigenvalue weighted by atomic mass is 9.98. The van der Waals surface area contributed by atoms with Gasteiger partial charge < -0.3 is 20.1 Å². The molecule has 4 rings (SSSR count). The van der Waals surface area contributed by atoms with Crippen LogP contribution in [0.5, 0.6) is 0 Å². The molecule has 0 bridgehead atoms. The van der Waals surface area contributed by atoms with Gasteiger partial charge in [-0.3, -0.25) is 4.79 Å². The van der Waals surface area contributed by atoms with Gasteiger partial charge in [0.25, 0.3) is 0 Å². The third-order valence-corrected chi connectivity index (χ3v) is 6.83. The van der Waals surface area contributed by atoms with Gasteiger partial charge in [-0.05, 0) is 35.1 Å². The van der Waals surface area contributed by atoms with Crippen LogP contribution in [0.2, 0.25) is 0 Å². The van der Waals surface area contributed by atoms with Gasteiger partial charge in [-0.1, -0.05) is 67.8 Å². The van der Waals surface area contributed by atoms with E-state index in [4.69, 9.17) is 11.2 Å². The molecule has 1 saturated heterocycles. The van der Waals surface area contributed by atoms with Gasteiger partial charge in [0.2, 0.25) is 5.91 Å². The highest BCUT2D eigenvalue weighted by molar-refractivity contribution is 5.89. The Balaban J connectivity index is 1.44. The number of carboxylic acids is 1. The third-order valence-electron chi connectivity index (χ3n) is 6.83. The lowest BCUT2D eigenvalue weighted by Gasteiger charge is -2.33. The average molecular weight is 475 g/mol. The highest BCUT2D eigenvalue weighted by Crippen LogP contribution is 2.44. The fourth-order valence-electron chi connectivity index (χ4n) is 5.11. The van der Waals surface area contributed by atoms with Crippen molar-refractivity contribution in [2.24, 2.45) is 0 Å². The Labute approximate surface area is 205 Å². The largest absolute Gasteiger partial charge is 0.480 e. The Hall–Kier alpha value is -3.79. The lowest BCUT2D eigenvalue weighted by molar-refractivity contribution is -0.151. The molecule has 2 amide bonds. The second-order valence-electron chi connectivity index (χ2n) is 9.02. The first-order chi connectivity index (χ1) is 17.0. The Morgan fingerprint density at radius 2 is 1.66 bits per heavy atom. The van der Waals surface area contributed by atoms with E-state index in [1.54, 1.807) is 0 Å². The van der Waals surface area contributed by atoms with E-state index in [1.807, 2.05) is 36.4 Å². The molecule has 7 nitrogen and oxygen atoms in total. The number of hydrogen-bond donors (Lipinski definition) is 2. The first-order valence-corrected chi connectivity index (χ1v) is 12.1. The van der Waals surface area contributed by atoms with Crippen LogP contribution < -0.4 is 5.32 Å². The quantitative estimate of drug-likeness (QED) is 0.613. The van der Waals surface area contributed by atoms with Crippen molar-refractivity contribution in [3.63, 3.8) is 0 Å². The molecule has 2 aliphatic rings. The van der Waals surface area contributed by atoms with Crippen molar-refractivity contribution in [1.82, 2.24) is 10.2 Å². The smallest absolute Gasteiger partial charge is 0.407 e. The molecule has 1 fully saturated rings. The van der Waals surface area contributed by atoms with Gasteiger partial charge in [0.15, 0.2) is 0 Å². The van der Waals surface area contributed by atoms with Crippen LogP contribution >= 0.6 is 0 Å². The summed E-state index contributed by atoms with van der Waals surface area (Å²) in [6.07, 6.45) is 8.37. The lowest BCUT2D eigenvalue weighted by Crippen LogP contribution is -2.54. The van der Waals surface area contributed by atoms with E-state index in [0.717, 1.165) is 41.5 Å². The molecule has 2 aromatic rings. The molecule has 1 aliphatic carbocycles. The average Bonchev–Trinajstić information content (AvgIpc) is 3.15. The molecule has 7 heteroatoms. The number of fused-ring (bicyclic) bond motifs is 3. The number of hydrogen-bond acceptors (Lipinski definition) is 4. The Bertz CT molecular complexity index is 1090. The van der Waals surface area contributed by atoms with Crippen LogP contribution in [0.15, 0.2) is 48.5 Å². The van der Waals surface area contributed by atoms with Gasteiger partial charge in [0.05, 0.1) is 0 Å². The fraction of sp³-hybridized carbons (Fsp3) is 0.393. The minimum absolute atomic E-state index is 0.0497. The number of terminal acetylenes is 1. The first-order valence-electron chi connectivity index (χ1n) is 12.1. The maximum absolute atomic E-state index is 13.3. The van der Waals surface area contributed by atoms with E-state index in [-0.39, 0.29) is 18.9 Å². The second-order valence-corrected chi connectivity index (χ2v) is 9.02. The maximum atomic E-state index is 13.3. The first kappa shape index (κ1) is 24.3. The van der Waals surface area contributed by atoms with Gasteiger partial charge in [0, 0.05) is 18.9 Å². The molecule has 2 unspecified atom stereocenters. The molecule has 2 atom stereocenters. The van der Waals surface area contributed by atoms with Crippen molar-refractivity contribution in [1.29, 1.82) is 0 Å². The van der Waals surface area contributed by atoms with E-state index in [0.29, 0.717) is 19.4 Å². The molecule has 2 N–H and O–H groups in total. The number of carbonyl (C=O) groups is 3. The van der Waals surface area contributed by atoms with Crippen LogP contribution in [-0.2, 0) is 14.3 Å². The number of rotatable bonds is 6. The van der Waals surface area contributed by atoms with E-state index < -0.39 is 30.1 Å². The molecule has 0 radical (unpaired) electrons. The number of likely N-dealkylation sites (tertiary alicyclic amines) is 1. The molecule has 0 spiro atoms. The van der Waals surface area contributed by atoms with Gasteiger partial charge in [-0.2, -0.15) is 0 Å². The molecule has 2 aromatic carbocycles. The zero-order valence-electron chi connectivity index (χ0n) is 19.6. The van der Waals surface area contributed by atoms with Crippen molar-refractivity contribution in [3.8, 4) is 23.5 Å². The number of nitrogens with zero attached hydrogens (tertiary/aromatic N) is 1.